The molecule has 0 radical (unpaired) electrons. The first-order chi connectivity index (χ1) is 7.85. The van der Waals surface area contributed by atoms with E-state index in [1.165, 1.54) is 6.07 Å². The van der Waals surface area contributed by atoms with Gasteiger partial charge in [0.1, 0.15) is 0 Å². The maximum Gasteiger partial charge on any atom is 0.322 e. The molecular weight excluding hydrogens is 334 g/mol. The molecule has 1 rings (SSSR count). The predicted octanol–water partition coefficient (Wildman–Crippen LogP) is 2.02. The SMILES string of the molecule is COC(=O)CS(=O)(=O)Nc1cccc(Cl)c1Br. The first-order valence-corrected chi connectivity index (χ1v) is 7.19. The minimum absolute atomic E-state index is 0.265. The number of sulfonamides is 1. The molecule has 1 aromatic carbocycles. The molecule has 0 atom stereocenters. The van der Waals surface area contributed by atoms with Gasteiger partial charge < -0.3 is 4.74 Å². The van der Waals surface area contributed by atoms with Crippen molar-refractivity contribution in [2.75, 3.05) is 17.6 Å². The van der Waals surface area contributed by atoms with Crippen LogP contribution in [0.5, 0.6) is 0 Å². The van der Waals surface area contributed by atoms with E-state index in [0.717, 1.165) is 7.11 Å². The molecule has 94 valence electrons. The molecule has 1 aromatic rings. The Bertz CT molecular complexity index is 532. The minimum Gasteiger partial charge on any atom is -0.468 e. The van der Waals surface area contributed by atoms with Crippen LogP contribution in [0, 0.1) is 0 Å². The summed E-state index contributed by atoms with van der Waals surface area (Å²) in [5.74, 6) is -1.58. The molecule has 0 saturated carbocycles. The first kappa shape index (κ1) is 14.3. The van der Waals surface area contributed by atoms with Gasteiger partial charge in [0, 0.05) is 0 Å². The smallest absolute Gasteiger partial charge is 0.322 e. The summed E-state index contributed by atoms with van der Waals surface area (Å²) in [4.78, 5) is 10.9. The van der Waals surface area contributed by atoms with E-state index < -0.39 is 21.7 Å². The van der Waals surface area contributed by atoms with Crippen molar-refractivity contribution >= 4 is 49.2 Å². The molecule has 0 unspecified atom stereocenters. The highest BCUT2D eigenvalue weighted by Gasteiger charge is 2.18. The van der Waals surface area contributed by atoms with Gasteiger partial charge in [-0.3, -0.25) is 9.52 Å². The monoisotopic (exact) mass is 341 g/mol. The van der Waals surface area contributed by atoms with Crippen molar-refractivity contribution in [2.45, 2.75) is 0 Å². The normalized spacial score (nSPS) is 11.0. The Kier molecular flexibility index (Phi) is 4.79. The maximum atomic E-state index is 11.6. The lowest BCUT2D eigenvalue weighted by Gasteiger charge is -2.09. The number of hydrogen-bond donors (Lipinski definition) is 1. The Morgan fingerprint density at radius 3 is 2.76 bits per heavy atom. The average Bonchev–Trinajstić information content (AvgIpc) is 2.23. The van der Waals surface area contributed by atoms with Gasteiger partial charge in [0.2, 0.25) is 10.0 Å². The van der Waals surface area contributed by atoms with Gasteiger partial charge in [-0.1, -0.05) is 17.7 Å². The molecule has 0 aromatic heterocycles. The van der Waals surface area contributed by atoms with Crippen molar-refractivity contribution in [2.24, 2.45) is 0 Å². The van der Waals surface area contributed by atoms with Crippen molar-refractivity contribution in [3.63, 3.8) is 0 Å². The molecule has 0 fully saturated rings. The fourth-order valence-electron chi connectivity index (χ4n) is 1.00. The Labute approximate surface area is 112 Å². The number of carbonyl (C=O) groups is 1. The molecule has 0 heterocycles. The zero-order valence-electron chi connectivity index (χ0n) is 8.74. The summed E-state index contributed by atoms with van der Waals surface area (Å²) in [7, 11) is -2.68. The molecular formula is C9H9BrClNO4S. The average molecular weight is 343 g/mol. The summed E-state index contributed by atoms with van der Waals surface area (Å²) >= 11 is 8.94. The van der Waals surface area contributed by atoms with E-state index in [4.69, 9.17) is 11.6 Å². The van der Waals surface area contributed by atoms with Gasteiger partial charge in [-0.25, -0.2) is 8.42 Å². The molecule has 0 amide bonds. The molecule has 0 aliphatic rings. The molecule has 0 bridgehead atoms. The third-order valence-electron chi connectivity index (χ3n) is 1.75. The molecule has 5 nitrogen and oxygen atoms in total. The highest BCUT2D eigenvalue weighted by molar-refractivity contribution is 9.10. The van der Waals surface area contributed by atoms with Crippen molar-refractivity contribution in [1.82, 2.24) is 0 Å². The third-order valence-corrected chi connectivity index (χ3v) is 4.30. The van der Waals surface area contributed by atoms with Crippen LogP contribution in [0.25, 0.3) is 0 Å². The number of halogens is 2. The summed E-state index contributed by atoms with van der Waals surface area (Å²) in [6.07, 6.45) is 0. The summed E-state index contributed by atoms with van der Waals surface area (Å²) in [5.41, 5.74) is 0.265. The Morgan fingerprint density at radius 2 is 2.18 bits per heavy atom. The second-order valence-electron chi connectivity index (χ2n) is 3.04. The fraction of sp³-hybridized carbons (Fsp3) is 0.222. The molecule has 8 heteroatoms. The van der Waals surface area contributed by atoms with Gasteiger partial charge in [-0.05, 0) is 28.1 Å². The van der Waals surface area contributed by atoms with Crippen molar-refractivity contribution < 1.29 is 17.9 Å². The van der Waals surface area contributed by atoms with E-state index in [0.29, 0.717) is 9.50 Å². The number of carbonyl (C=O) groups excluding carboxylic acids is 1. The van der Waals surface area contributed by atoms with E-state index in [1.54, 1.807) is 12.1 Å². The van der Waals surface area contributed by atoms with Gasteiger partial charge in [-0.2, -0.15) is 0 Å². The summed E-state index contributed by atoms with van der Waals surface area (Å²) in [6, 6.07) is 4.71. The molecule has 0 aliphatic carbocycles. The predicted molar refractivity (Wildman–Crippen MR) is 68.6 cm³/mol. The molecule has 0 spiro atoms. The topological polar surface area (TPSA) is 72.5 Å². The zero-order chi connectivity index (χ0) is 13.1. The van der Waals surface area contributed by atoms with Crippen LogP contribution in [-0.4, -0.2) is 27.2 Å². The lowest BCUT2D eigenvalue weighted by Crippen LogP contribution is -2.23. The molecule has 0 aliphatic heterocycles. The second-order valence-corrected chi connectivity index (χ2v) is 5.96. The zero-order valence-corrected chi connectivity index (χ0v) is 11.9. The maximum absolute atomic E-state index is 11.6. The van der Waals surface area contributed by atoms with E-state index in [1.807, 2.05) is 0 Å². The number of benzene rings is 1. The van der Waals surface area contributed by atoms with Gasteiger partial charge in [0.05, 0.1) is 22.3 Å². The number of methoxy groups -OCH3 is 1. The number of hydrogen-bond acceptors (Lipinski definition) is 4. The molecule has 0 saturated heterocycles. The lowest BCUT2D eigenvalue weighted by atomic mass is 10.3. The van der Waals surface area contributed by atoms with Gasteiger partial charge in [-0.15, -0.1) is 0 Å². The van der Waals surface area contributed by atoms with Crippen molar-refractivity contribution in [3.05, 3.63) is 27.7 Å². The standard InChI is InChI=1S/C9H9BrClNO4S/c1-16-8(13)5-17(14,15)12-7-4-2-3-6(11)9(7)10/h2-4,12H,5H2,1H3. The van der Waals surface area contributed by atoms with Crippen LogP contribution in [0.4, 0.5) is 5.69 Å². The van der Waals surface area contributed by atoms with Crippen LogP contribution < -0.4 is 4.72 Å². The second kappa shape index (κ2) is 5.70. The summed E-state index contributed by atoms with van der Waals surface area (Å²) in [6.45, 7) is 0. The van der Waals surface area contributed by atoms with E-state index in [9.17, 15) is 13.2 Å². The third kappa shape index (κ3) is 4.18. The van der Waals surface area contributed by atoms with Crippen LogP contribution in [0.2, 0.25) is 5.02 Å². The van der Waals surface area contributed by atoms with Crippen LogP contribution in [-0.2, 0) is 19.6 Å². The number of esters is 1. The number of nitrogens with one attached hydrogen (secondary N) is 1. The fourth-order valence-corrected chi connectivity index (χ4v) is 2.68. The van der Waals surface area contributed by atoms with Gasteiger partial charge >= 0.3 is 5.97 Å². The lowest BCUT2D eigenvalue weighted by molar-refractivity contribution is -0.137. The molecule has 17 heavy (non-hydrogen) atoms. The van der Waals surface area contributed by atoms with E-state index >= 15 is 0 Å². The quantitative estimate of drug-likeness (QED) is 0.850. The van der Waals surface area contributed by atoms with Crippen LogP contribution in [0.3, 0.4) is 0 Å². The summed E-state index contributed by atoms with van der Waals surface area (Å²) in [5, 5.41) is 0.364. The number of ether oxygens (including phenoxy) is 1. The van der Waals surface area contributed by atoms with Crippen LogP contribution in [0.1, 0.15) is 0 Å². The number of rotatable bonds is 4. The van der Waals surface area contributed by atoms with E-state index in [2.05, 4.69) is 25.4 Å². The minimum atomic E-state index is -3.80. The van der Waals surface area contributed by atoms with Crippen LogP contribution >= 0.6 is 27.5 Å². The van der Waals surface area contributed by atoms with Gasteiger partial charge in [0.15, 0.2) is 5.75 Å². The summed E-state index contributed by atoms with van der Waals surface area (Å²) < 4.78 is 30.0. The van der Waals surface area contributed by atoms with Crippen LogP contribution in [0.15, 0.2) is 22.7 Å². The number of anilines is 1. The largest absolute Gasteiger partial charge is 0.468 e. The Hall–Kier alpha value is -0.790. The van der Waals surface area contributed by atoms with Crippen molar-refractivity contribution in [1.29, 1.82) is 0 Å². The van der Waals surface area contributed by atoms with E-state index in [-0.39, 0.29) is 5.69 Å². The van der Waals surface area contributed by atoms with Gasteiger partial charge in [0.25, 0.3) is 0 Å². The Balaban J connectivity index is 2.91. The highest BCUT2D eigenvalue weighted by atomic mass is 79.9. The Morgan fingerprint density at radius 1 is 1.53 bits per heavy atom. The molecule has 1 N–H and O–H groups in total. The highest BCUT2D eigenvalue weighted by Crippen LogP contribution is 2.30. The van der Waals surface area contributed by atoms with Crippen molar-refractivity contribution in [3.8, 4) is 0 Å². The first-order valence-electron chi connectivity index (χ1n) is 4.37.